The summed E-state index contributed by atoms with van der Waals surface area (Å²) in [4.78, 5) is 14.0. The molecule has 1 amide bonds. The molecule has 1 fully saturated rings. The van der Waals surface area contributed by atoms with Gasteiger partial charge in [-0.2, -0.15) is 0 Å². The molecule has 19 heavy (non-hydrogen) atoms. The number of anilines is 1. The van der Waals surface area contributed by atoms with Gasteiger partial charge in [-0.1, -0.05) is 0 Å². The summed E-state index contributed by atoms with van der Waals surface area (Å²) in [6.07, 6.45) is 0.0145. The van der Waals surface area contributed by atoms with Crippen LogP contribution in [0.5, 0.6) is 0 Å². The highest BCUT2D eigenvalue weighted by molar-refractivity contribution is 5.92. The molecule has 1 unspecified atom stereocenters. The number of ether oxygens (including phenoxy) is 1. The molecular formula is C11H18N6O2. The van der Waals surface area contributed by atoms with Crippen molar-refractivity contribution in [2.45, 2.75) is 6.10 Å². The van der Waals surface area contributed by atoms with Gasteiger partial charge >= 0.3 is 0 Å². The SMILES string of the molecule is CN1CCOC(CNC(=O)c2ccc(NN)nn2)C1. The van der Waals surface area contributed by atoms with E-state index >= 15 is 0 Å². The number of likely N-dealkylation sites (N-methyl/N-ethyl adjacent to an activating group) is 1. The summed E-state index contributed by atoms with van der Waals surface area (Å²) < 4.78 is 5.55. The van der Waals surface area contributed by atoms with E-state index < -0.39 is 0 Å². The highest BCUT2D eigenvalue weighted by atomic mass is 16.5. The van der Waals surface area contributed by atoms with Crippen LogP contribution in [-0.2, 0) is 4.74 Å². The normalized spacial score (nSPS) is 20.0. The van der Waals surface area contributed by atoms with Gasteiger partial charge in [0.25, 0.3) is 5.91 Å². The van der Waals surface area contributed by atoms with Crippen molar-refractivity contribution in [2.75, 3.05) is 38.7 Å². The number of rotatable bonds is 4. The van der Waals surface area contributed by atoms with Crippen molar-refractivity contribution >= 4 is 11.7 Å². The van der Waals surface area contributed by atoms with Gasteiger partial charge in [-0.3, -0.25) is 4.79 Å². The van der Waals surface area contributed by atoms with Gasteiger partial charge in [-0.15, -0.1) is 10.2 Å². The first-order valence-electron chi connectivity index (χ1n) is 6.07. The number of carbonyl (C=O) groups excluding carboxylic acids is 1. The Balaban J connectivity index is 1.83. The Hall–Kier alpha value is -1.77. The minimum Gasteiger partial charge on any atom is -0.374 e. The number of nitrogens with one attached hydrogen (secondary N) is 2. The molecule has 0 aromatic carbocycles. The maximum Gasteiger partial charge on any atom is 0.271 e. The lowest BCUT2D eigenvalue weighted by molar-refractivity contribution is -0.0175. The van der Waals surface area contributed by atoms with E-state index in [-0.39, 0.29) is 17.7 Å². The van der Waals surface area contributed by atoms with Gasteiger partial charge in [-0.25, -0.2) is 5.84 Å². The standard InChI is InChI=1S/C11H18N6O2/c1-17-4-5-19-8(7-17)6-13-11(18)9-2-3-10(14-12)16-15-9/h2-3,8H,4-7,12H2,1H3,(H,13,18)(H,14,16). The largest absolute Gasteiger partial charge is 0.374 e. The second-order valence-electron chi connectivity index (χ2n) is 4.41. The number of nitrogens with zero attached hydrogens (tertiary/aromatic N) is 3. The van der Waals surface area contributed by atoms with Crippen LogP contribution in [0.15, 0.2) is 12.1 Å². The number of amides is 1. The van der Waals surface area contributed by atoms with Crippen LogP contribution in [0.1, 0.15) is 10.5 Å². The second-order valence-corrected chi connectivity index (χ2v) is 4.41. The van der Waals surface area contributed by atoms with Crippen LogP contribution in [0.2, 0.25) is 0 Å². The van der Waals surface area contributed by atoms with Crippen molar-refractivity contribution in [3.63, 3.8) is 0 Å². The number of nitrogen functional groups attached to an aromatic ring is 1. The maximum atomic E-state index is 11.8. The Morgan fingerprint density at radius 2 is 2.42 bits per heavy atom. The number of hydrazine groups is 1. The topological polar surface area (TPSA) is 105 Å². The third-order valence-corrected chi connectivity index (χ3v) is 2.88. The third kappa shape index (κ3) is 3.85. The molecule has 2 heterocycles. The number of aromatic nitrogens is 2. The van der Waals surface area contributed by atoms with Gasteiger partial charge in [0.1, 0.15) is 0 Å². The molecule has 4 N–H and O–H groups in total. The molecule has 1 atom stereocenters. The average Bonchev–Trinajstić information content (AvgIpc) is 2.45. The van der Waals surface area contributed by atoms with Crippen LogP contribution in [0, 0.1) is 0 Å². The molecule has 1 aliphatic heterocycles. The van der Waals surface area contributed by atoms with Crippen LogP contribution in [0.3, 0.4) is 0 Å². The molecule has 2 rings (SSSR count). The summed E-state index contributed by atoms with van der Waals surface area (Å²) in [5.41, 5.74) is 2.60. The lowest BCUT2D eigenvalue weighted by Crippen LogP contribution is -2.46. The summed E-state index contributed by atoms with van der Waals surface area (Å²) in [5, 5.41) is 10.3. The Bertz CT molecular complexity index is 424. The molecule has 0 spiro atoms. The predicted molar refractivity (Wildman–Crippen MR) is 69.4 cm³/mol. The zero-order valence-corrected chi connectivity index (χ0v) is 10.8. The van der Waals surface area contributed by atoms with Gasteiger partial charge in [0, 0.05) is 19.6 Å². The van der Waals surface area contributed by atoms with Crippen LogP contribution in [0.4, 0.5) is 5.82 Å². The molecule has 1 saturated heterocycles. The molecule has 1 aromatic rings. The number of morpholine rings is 1. The molecule has 8 nitrogen and oxygen atoms in total. The molecule has 1 aliphatic rings. The van der Waals surface area contributed by atoms with Crippen LogP contribution >= 0.6 is 0 Å². The van der Waals surface area contributed by atoms with Crippen LogP contribution in [-0.4, -0.2) is 60.4 Å². The highest BCUT2D eigenvalue weighted by Gasteiger charge is 2.18. The quantitative estimate of drug-likeness (QED) is 0.465. The predicted octanol–water partition coefficient (Wildman–Crippen LogP) is -1.18. The summed E-state index contributed by atoms with van der Waals surface area (Å²) in [6.45, 7) is 2.88. The molecular weight excluding hydrogens is 248 g/mol. The molecule has 8 heteroatoms. The van der Waals surface area contributed by atoms with Crippen molar-refractivity contribution < 1.29 is 9.53 Å². The van der Waals surface area contributed by atoms with Crippen molar-refractivity contribution in [3.8, 4) is 0 Å². The van der Waals surface area contributed by atoms with Gasteiger partial charge < -0.3 is 20.4 Å². The first-order valence-corrected chi connectivity index (χ1v) is 6.07. The Kier molecular flexibility index (Phi) is 4.61. The van der Waals surface area contributed by atoms with Crippen LogP contribution < -0.4 is 16.6 Å². The number of nitrogens with two attached hydrogens (primary N) is 1. The lowest BCUT2D eigenvalue weighted by Gasteiger charge is -2.30. The van der Waals surface area contributed by atoms with E-state index in [0.29, 0.717) is 19.0 Å². The minimum absolute atomic E-state index is 0.0145. The van der Waals surface area contributed by atoms with E-state index in [1.807, 2.05) is 7.05 Å². The van der Waals surface area contributed by atoms with E-state index in [1.54, 1.807) is 12.1 Å². The molecule has 1 aromatic heterocycles. The Labute approximate surface area is 111 Å². The molecule has 0 aliphatic carbocycles. The summed E-state index contributed by atoms with van der Waals surface area (Å²) in [7, 11) is 2.03. The van der Waals surface area contributed by atoms with E-state index in [4.69, 9.17) is 10.6 Å². The smallest absolute Gasteiger partial charge is 0.271 e. The Morgan fingerprint density at radius 1 is 1.58 bits per heavy atom. The number of hydrogen-bond donors (Lipinski definition) is 3. The highest BCUT2D eigenvalue weighted by Crippen LogP contribution is 2.03. The zero-order valence-electron chi connectivity index (χ0n) is 10.8. The van der Waals surface area contributed by atoms with Crippen molar-refractivity contribution in [3.05, 3.63) is 17.8 Å². The minimum atomic E-state index is -0.270. The number of carbonyl (C=O) groups is 1. The zero-order chi connectivity index (χ0) is 13.7. The monoisotopic (exact) mass is 266 g/mol. The fourth-order valence-electron chi connectivity index (χ4n) is 1.82. The summed E-state index contributed by atoms with van der Waals surface area (Å²) in [6, 6.07) is 3.15. The fourth-order valence-corrected chi connectivity index (χ4v) is 1.82. The van der Waals surface area contributed by atoms with Crippen molar-refractivity contribution in [2.24, 2.45) is 5.84 Å². The van der Waals surface area contributed by atoms with Gasteiger partial charge in [-0.05, 0) is 19.2 Å². The average molecular weight is 266 g/mol. The van der Waals surface area contributed by atoms with Crippen LogP contribution in [0.25, 0.3) is 0 Å². The third-order valence-electron chi connectivity index (χ3n) is 2.88. The Morgan fingerprint density at radius 3 is 3.05 bits per heavy atom. The van der Waals surface area contributed by atoms with E-state index in [9.17, 15) is 4.79 Å². The fraction of sp³-hybridized carbons (Fsp3) is 0.545. The van der Waals surface area contributed by atoms with Gasteiger partial charge in [0.15, 0.2) is 11.5 Å². The van der Waals surface area contributed by atoms with Gasteiger partial charge in [0.2, 0.25) is 0 Å². The number of hydrogen-bond acceptors (Lipinski definition) is 7. The summed E-state index contributed by atoms with van der Waals surface area (Å²) in [5.74, 6) is 5.31. The van der Waals surface area contributed by atoms with Crippen molar-refractivity contribution in [1.82, 2.24) is 20.4 Å². The molecule has 0 radical (unpaired) electrons. The lowest BCUT2D eigenvalue weighted by atomic mass is 10.2. The van der Waals surface area contributed by atoms with Gasteiger partial charge in [0.05, 0.1) is 12.7 Å². The van der Waals surface area contributed by atoms with E-state index in [1.165, 1.54) is 0 Å². The van der Waals surface area contributed by atoms with E-state index in [2.05, 4.69) is 25.8 Å². The summed E-state index contributed by atoms with van der Waals surface area (Å²) >= 11 is 0. The second kappa shape index (κ2) is 6.41. The molecule has 104 valence electrons. The van der Waals surface area contributed by atoms with E-state index in [0.717, 1.165) is 13.1 Å². The first-order chi connectivity index (χ1) is 9.19. The van der Waals surface area contributed by atoms with Crippen molar-refractivity contribution in [1.29, 1.82) is 0 Å². The maximum absolute atomic E-state index is 11.8. The molecule has 0 saturated carbocycles. The molecule has 0 bridgehead atoms. The first kappa shape index (κ1) is 13.7.